The van der Waals surface area contributed by atoms with Gasteiger partial charge in [-0.2, -0.15) is 0 Å². The van der Waals surface area contributed by atoms with E-state index in [1.165, 1.54) is 6.20 Å². The molecule has 0 saturated carbocycles. The van der Waals surface area contributed by atoms with Crippen molar-refractivity contribution in [2.24, 2.45) is 0 Å². The van der Waals surface area contributed by atoms with Gasteiger partial charge in [-0.1, -0.05) is 15.9 Å². The summed E-state index contributed by atoms with van der Waals surface area (Å²) in [6, 6.07) is 0. The number of alkyl halides is 3. The lowest BCUT2D eigenvalue weighted by molar-refractivity contribution is 0.151. The number of nitrogens with two attached hydrogens (primary N) is 1. The molecule has 1 heterocycles. The van der Waals surface area contributed by atoms with E-state index < -0.39 is 6.43 Å². The summed E-state index contributed by atoms with van der Waals surface area (Å²) in [6.45, 7) is 0. The van der Waals surface area contributed by atoms with Crippen molar-refractivity contribution in [1.82, 2.24) is 4.98 Å². The molecule has 1 rings (SSSR count). The highest BCUT2D eigenvalue weighted by Gasteiger charge is 2.18. The molecule has 0 bridgehead atoms. The smallest absolute Gasteiger partial charge is 0.267 e. The molecule has 2 N–H and O–H groups in total. The fourth-order valence-electron chi connectivity index (χ4n) is 0.936. The SMILES string of the molecule is Nc1ncc(I)c(CBr)c1C(F)F. The van der Waals surface area contributed by atoms with E-state index in [4.69, 9.17) is 5.73 Å². The van der Waals surface area contributed by atoms with Crippen LogP contribution < -0.4 is 5.73 Å². The monoisotopic (exact) mass is 362 g/mol. The molecule has 0 radical (unpaired) electrons. The van der Waals surface area contributed by atoms with Crippen LogP contribution in [0.15, 0.2) is 6.20 Å². The second-order valence-electron chi connectivity index (χ2n) is 2.32. The molecule has 0 aliphatic carbocycles. The van der Waals surface area contributed by atoms with E-state index in [1.54, 1.807) is 0 Å². The van der Waals surface area contributed by atoms with E-state index in [1.807, 2.05) is 22.6 Å². The van der Waals surface area contributed by atoms with Crippen molar-refractivity contribution in [2.45, 2.75) is 11.8 Å². The minimum absolute atomic E-state index is 0.0927. The van der Waals surface area contributed by atoms with Gasteiger partial charge in [0, 0.05) is 15.1 Å². The normalized spacial score (nSPS) is 10.8. The summed E-state index contributed by atoms with van der Waals surface area (Å²) in [6.07, 6.45) is -1.09. The Balaban J connectivity index is 3.35. The number of halogens is 4. The number of pyridine rings is 1. The van der Waals surface area contributed by atoms with Crippen LogP contribution >= 0.6 is 38.5 Å². The number of anilines is 1. The average molecular weight is 363 g/mol. The minimum Gasteiger partial charge on any atom is -0.383 e. The summed E-state index contributed by atoms with van der Waals surface area (Å²) in [5.41, 5.74) is 5.71. The van der Waals surface area contributed by atoms with Crippen LogP contribution in [0.3, 0.4) is 0 Å². The molecular weight excluding hydrogens is 357 g/mol. The van der Waals surface area contributed by atoms with Crippen LogP contribution in [0.5, 0.6) is 0 Å². The van der Waals surface area contributed by atoms with E-state index in [0.717, 1.165) is 0 Å². The number of aromatic nitrogens is 1. The predicted octanol–water partition coefficient (Wildman–Crippen LogP) is 3.10. The molecule has 0 aliphatic heterocycles. The zero-order valence-electron chi connectivity index (χ0n) is 6.40. The third-order valence-electron chi connectivity index (χ3n) is 1.56. The van der Waals surface area contributed by atoms with Gasteiger partial charge >= 0.3 is 0 Å². The van der Waals surface area contributed by atoms with Gasteiger partial charge in [0.1, 0.15) is 5.82 Å². The Kier molecular flexibility index (Phi) is 3.84. The molecular formula is C7H6BrF2IN2. The van der Waals surface area contributed by atoms with Crippen LogP contribution in [0.2, 0.25) is 0 Å². The molecule has 0 amide bonds. The quantitative estimate of drug-likeness (QED) is 0.648. The first-order valence-corrected chi connectivity index (χ1v) is 5.54. The van der Waals surface area contributed by atoms with Gasteiger partial charge in [-0.05, 0) is 28.2 Å². The Hall–Kier alpha value is 0.0200. The zero-order valence-corrected chi connectivity index (χ0v) is 10.1. The summed E-state index contributed by atoms with van der Waals surface area (Å²) in [4.78, 5) is 3.68. The first kappa shape index (κ1) is 11.1. The van der Waals surface area contributed by atoms with Gasteiger partial charge in [0.05, 0.1) is 5.56 Å². The molecule has 0 atom stereocenters. The van der Waals surface area contributed by atoms with Gasteiger partial charge in [-0.3, -0.25) is 0 Å². The van der Waals surface area contributed by atoms with Crippen molar-refractivity contribution >= 4 is 44.3 Å². The third-order valence-corrected chi connectivity index (χ3v) is 3.05. The van der Waals surface area contributed by atoms with Gasteiger partial charge in [0.2, 0.25) is 0 Å². The third kappa shape index (κ3) is 2.28. The van der Waals surface area contributed by atoms with Crippen molar-refractivity contribution in [3.05, 3.63) is 20.9 Å². The second-order valence-corrected chi connectivity index (χ2v) is 4.04. The molecule has 0 unspecified atom stereocenters. The molecule has 1 aromatic rings. The Labute approximate surface area is 96.2 Å². The molecule has 1 aromatic heterocycles. The van der Waals surface area contributed by atoms with Gasteiger partial charge < -0.3 is 5.73 Å². The molecule has 0 saturated heterocycles. The number of nitrogen functional groups attached to an aromatic ring is 1. The standard InChI is InChI=1S/C7H6BrF2IN2/c8-1-3-4(11)2-13-7(12)5(3)6(9)10/h2,6H,1H2,(H2,12,13). The van der Waals surface area contributed by atoms with Crippen molar-refractivity contribution in [2.75, 3.05) is 5.73 Å². The Morgan fingerprint density at radius 3 is 2.62 bits per heavy atom. The van der Waals surface area contributed by atoms with E-state index in [2.05, 4.69) is 20.9 Å². The average Bonchev–Trinajstić information content (AvgIpc) is 2.07. The molecule has 0 fully saturated rings. The maximum absolute atomic E-state index is 12.5. The second kappa shape index (κ2) is 4.50. The van der Waals surface area contributed by atoms with Crippen LogP contribution in [0, 0.1) is 3.57 Å². The highest BCUT2D eigenvalue weighted by molar-refractivity contribution is 14.1. The Morgan fingerprint density at radius 1 is 1.62 bits per heavy atom. The van der Waals surface area contributed by atoms with Crippen molar-refractivity contribution in [1.29, 1.82) is 0 Å². The molecule has 13 heavy (non-hydrogen) atoms. The molecule has 72 valence electrons. The fourth-order valence-corrected chi connectivity index (χ4v) is 2.68. The van der Waals surface area contributed by atoms with Crippen molar-refractivity contribution < 1.29 is 8.78 Å². The lowest BCUT2D eigenvalue weighted by Gasteiger charge is -2.10. The molecule has 0 aliphatic rings. The van der Waals surface area contributed by atoms with Crippen LogP contribution in [-0.4, -0.2) is 4.98 Å². The highest BCUT2D eigenvalue weighted by atomic mass is 127. The first-order valence-electron chi connectivity index (χ1n) is 3.34. The largest absolute Gasteiger partial charge is 0.383 e. The van der Waals surface area contributed by atoms with E-state index >= 15 is 0 Å². The van der Waals surface area contributed by atoms with Crippen molar-refractivity contribution in [3.63, 3.8) is 0 Å². The lowest BCUT2D eigenvalue weighted by Crippen LogP contribution is -2.04. The highest BCUT2D eigenvalue weighted by Crippen LogP contribution is 2.31. The Morgan fingerprint density at radius 2 is 2.23 bits per heavy atom. The van der Waals surface area contributed by atoms with Gasteiger partial charge in [-0.15, -0.1) is 0 Å². The van der Waals surface area contributed by atoms with Crippen molar-refractivity contribution in [3.8, 4) is 0 Å². The number of hydrogen-bond acceptors (Lipinski definition) is 2. The van der Waals surface area contributed by atoms with Gasteiger partial charge in [-0.25, -0.2) is 13.8 Å². The van der Waals surface area contributed by atoms with Crippen LogP contribution in [0.1, 0.15) is 17.6 Å². The summed E-state index contributed by atoms with van der Waals surface area (Å²) in [5, 5.41) is 0.359. The molecule has 2 nitrogen and oxygen atoms in total. The molecule has 0 spiro atoms. The minimum atomic E-state index is -2.57. The fraction of sp³-hybridized carbons (Fsp3) is 0.286. The first-order chi connectivity index (χ1) is 6.07. The Bertz CT molecular complexity index is 320. The molecule has 0 aromatic carbocycles. The predicted molar refractivity (Wildman–Crippen MR) is 59.0 cm³/mol. The van der Waals surface area contributed by atoms with Gasteiger partial charge in [0.25, 0.3) is 6.43 Å². The van der Waals surface area contributed by atoms with E-state index in [9.17, 15) is 8.78 Å². The maximum atomic E-state index is 12.5. The number of hydrogen-bond donors (Lipinski definition) is 1. The zero-order chi connectivity index (χ0) is 10.0. The summed E-state index contributed by atoms with van der Waals surface area (Å²) in [5.74, 6) is -0.0927. The van der Waals surface area contributed by atoms with Gasteiger partial charge in [0.15, 0.2) is 0 Å². The number of nitrogens with zero attached hydrogens (tertiary/aromatic N) is 1. The van der Waals surface area contributed by atoms with Crippen LogP contribution in [0.25, 0.3) is 0 Å². The summed E-state index contributed by atoms with van der Waals surface area (Å²) < 4.78 is 25.7. The van der Waals surface area contributed by atoms with E-state index in [0.29, 0.717) is 14.5 Å². The van der Waals surface area contributed by atoms with Crippen LogP contribution in [-0.2, 0) is 5.33 Å². The number of rotatable bonds is 2. The topological polar surface area (TPSA) is 38.9 Å². The summed E-state index contributed by atoms with van der Waals surface area (Å²) in [7, 11) is 0. The lowest BCUT2D eigenvalue weighted by atomic mass is 10.1. The van der Waals surface area contributed by atoms with Crippen LogP contribution in [0.4, 0.5) is 14.6 Å². The van der Waals surface area contributed by atoms with E-state index in [-0.39, 0.29) is 11.4 Å². The maximum Gasteiger partial charge on any atom is 0.267 e. The summed E-state index contributed by atoms with van der Waals surface area (Å²) >= 11 is 5.09. The molecule has 6 heteroatoms.